The summed E-state index contributed by atoms with van der Waals surface area (Å²) >= 11 is 0. The zero-order valence-corrected chi connectivity index (χ0v) is 11.2. The van der Waals surface area contributed by atoms with Crippen molar-refractivity contribution in [2.24, 2.45) is 5.73 Å². The fraction of sp³-hybridized carbons (Fsp3) is 0.286. The van der Waals surface area contributed by atoms with Gasteiger partial charge in [-0.2, -0.15) is 0 Å². The van der Waals surface area contributed by atoms with E-state index >= 15 is 0 Å². The molecule has 0 aliphatic heterocycles. The summed E-state index contributed by atoms with van der Waals surface area (Å²) in [6.45, 7) is 1.60. The Balaban J connectivity index is 1.72. The van der Waals surface area contributed by atoms with E-state index in [1.54, 1.807) is 18.6 Å². The Morgan fingerprint density at radius 3 is 3.00 bits per heavy atom. The van der Waals surface area contributed by atoms with Gasteiger partial charge in [0.15, 0.2) is 6.61 Å². The molecule has 0 saturated carbocycles. The third-order valence-corrected chi connectivity index (χ3v) is 2.80. The molecular formula is C14H18N4O2. The molecule has 3 N–H and O–H groups in total. The summed E-state index contributed by atoms with van der Waals surface area (Å²) in [6.07, 6.45) is 5.26. The molecule has 20 heavy (non-hydrogen) atoms. The highest BCUT2D eigenvalue weighted by atomic mass is 16.5. The van der Waals surface area contributed by atoms with Gasteiger partial charge in [-0.1, -0.05) is 18.2 Å². The summed E-state index contributed by atoms with van der Waals surface area (Å²) < 4.78 is 7.36. The van der Waals surface area contributed by atoms with E-state index in [-0.39, 0.29) is 12.5 Å². The Kier molecular flexibility index (Phi) is 5.14. The van der Waals surface area contributed by atoms with Crippen molar-refractivity contribution in [2.45, 2.75) is 13.1 Å². The van der Waals surface area contributed by atoms with Gasteiger partial charge in [-0.15, -0.1) is 0 Å². The van der Waals surface area contributed by atoms with Crippen molar-refractivity contribution >= 4 is 5.91 Å². The Morgan fingerprint density at radius 1 is 1.40 bits per heavy atom. The molecule has 1 aromatic carbocycles. The van der Waals surface area contributed by atoms with Crippen molar-refractivity contribution in [3.8, 4) is 5.75 Å². The number of nitrogens with zero attached hydrogens (tertiary/aromatic N) is 2. The normalized spacial score (nSPS) is 10.2. The lowest BCUT2D eigenvalue weighted by molar-refractivity contribution is -0.123. The molecule has 1 heterocycles. The van der Waals surface area contributed by atoms with Crippen LogP contribution >= 0.6 is 0 Å². The third-order valence-electron chi connectivity index (χ3n) is 2.80. The number of carbonyl (C=O) groups excluding carboxylic acids is 1. The van der Waals surface area contributed by atoms with Gasteiger partial charge < -0.3 is 20.4 Å². The Hall–Kier alpha value is -2.34. The van der Waals surface area contributed by atoms with Crippen molar-refractivity contribution in [1.29, 1.82) is 0 Å². The molecule has 0 fully saturated rings. The molecule has 0 spiro atoms. The van der Waals surface area contributed by atoms with Gasteiger partial charge >= 0.3 is 0 Å². The molecule has 0 saturated heterocycles. The van der Waals surface area contributed by atoms with Crippen LogP contribution < -0.4 is 15.8 Å². The standard InChI is InChI=1S/C14H18N4O2/c15-9-12-3-1-2-4-13(12)20-10-14(19)17-6-8-18-7-5-16-11-18/h1-5,7,11H,6,8-10,15H2,(H,17,19). The number of rotatable bonds is 7. The van der Waals surface area contributed by atoms with Crippen molar-refractivity contribution in [1.82, 2.24) is 14.9 Å². The number of aromatic nitrogens is 2. The number of hydrogen-bond donors (Lipinski definition) is 2. The Bertz CT molecular complexity index is 540. The lowest BCUT2D eigenvalue weighted by atomic mass is 10.2. The summed E-state index contributed by atoms with van der Waals surface area (Å²) in [5.74, 6) is 0.497. The molecule has 0 unspecified atom stereocenters. The highest BCUT2D eigenvalue weighted by Crippen LogP contribution is 2.16. The average molecular weight is 274 g/mol. The van der Waals surface area contributed by atoms with Crippen LogP contribution in [-0.2, 0) is 17.9 Å². The van der Waals surface area contributed by atoms with Gasteiger partial charge in [0.25, 0.3) is 5.91 Å². The van der Waals surface area contributed by atoms with Gasteiger partial charge in [0, 0.05) is 37.6 Å². The van der Waals surface area contributed by atoms with Gasteiger partial charge in [0.2, 0.25) is 0 Å². The first-order valence-electron chi connectivity index (χ1n) is 6.43. The minimum atomic E-state index is -0.156. The first-order valence-corrected chi connectivity index (χ1v) is 6.43. The molecule has 0 radical (unpaired) electrons. The van der Waals surface area contributed by atoms with Crippen LogP contribution in [0.25, 0.3) is 0 Å². The van der Waals surface area contributed by atoms with Gasteiger partial charge in [-0.3, -0.25) is 4.79 Å². The number of ether oxygens (including phenoxy) is 1. The van der Waals surface area contributed by atoms with E-state index in [0.29, 0.717) is 25.4 Å². The van der Waals surface area contributed by atoms with Crippen LogP contribution in [0.15, 0.2) is 43.0 Å². The molecule has 0 bridgehead atoms. The van der Waals surface area contributed by atoms with E-state index in [4.69, 9.17) is 10.5 Å². The van der Waals surface area contributed by atoms with E-state index in [0.717, 1.165) is 5.56 Å². The topological polar surface area (TPSA) is 82.2 Å². The maximum atomic E-state index is 11.7. The van der Waals surface area contributed by atoms with Crippen LogP contribution in [0.3, 0.4) is 0 Å². The van der Waals surface area contributed by atoms with Gasteiger partial charge in [0.1, 0.15) is 5.75 Å². The van der Waals surface area contributed by atoms with Crippen LogP contribution in [-0.4, -0.2) is 28.6 Å². The molecule has 2 rings (SSSR count). The Labute approximate surface area is 117 Å². The zero-order valence-electron chi connectivity index (χ0n) is 11.2. The monoisotopic (exact) mass is 274 g/mol. The van der Waals surface area contributed by atoms with Gasteiger partial charge in [-0.05, 0) is 6.07 Å². The Morgan fingerprint density at radius 2 is 2.25 bits per heavy atom. The largest absolute Gasteiger partial charge is 0.483 e. The van der Waals surface area contributed by atoms with Crippen LogP contribution in [0.4, 0.5) is 0 Å². The van der Waals surface area contributed by atoms with E-state index in [1.807, 2.05) is 29.0 Å². The maximum Gasteiger partial charge on any atom is 0.258 e. The molecule has 1 amide bonds. The molecule has 0 aliphatic rings. The molecule has 1 aromatic heterocycles. The summed E-state index contributed by atoms with van der Waals surface area (Å²) in [5, 5.41) is 2.78. The molecule has 6 nitrogen and oxygen atoms in total. The molecule has 0 atom stereocenters. The SMILES string of the molecule is NCc1ccccc1OCC(=O)NCCn1ccnc1. The lowest BCUT2D eigenvalue weighted by Crippen LogP contribution is -2.31. The van der Waals surface area contributed by atoms with Crippen molar-refractivity contribution in [3.05, 3.63) is 48.5 Å². The van der Waals surface area contributed by atoms with Crippen molar-refractivity contribution in [2.75, 3.05) is 13.2 Å². The second kappa shape index (κ2) is 7.30. The van der Waals surface area contributed by atoms with Crippen LogP contribution in [0.5, 0.6) is 5.75 Å². The fourth-order valence-electron chi connectivity index (χ4n) is 1.75. The summed E-state index contributed by atoms with van der Waals surface area (Å²) in [7, 11) is 0. The summed E-state index contributed by atoms with van der Waals surface area (Å²) in [5.41, 5.74) is 6.49. The smallest absolute Gasteiger partial charge is 0.258 e. The number of nitrogens with one attached hydrogen (secondary N) is 1. The molecule has 2 aromatic rings. The predicted molar refractivity (Wildman–Crippen MR) is 75.1 cm³/mol. The maximum absolute atomic E-state index is 11.7. The van der Waals surface area contributed by atoms with Crippen LogP contribution in [0.1, 0.15) is 5.56 Å². The van der Waals surface area contributed by atoms with Gasteiger partial charge in [0.05, 0.1) is 6.33 Å². The molecule has 0 aliphatic carbocycles. The highest BCUT2D eigenvalue weighted by molar-refractivity contribution is 5.77. The first-order chi connectivity index (χ1) is 9.79. The summed E-state index contributed by atoms with van der Waals surface area (Å²) in [6, 6.07) is 7.43. The number of imidazole rings is 1. The van der Waals surface area contributed by atoms with Gasteiger partial charge in [-0.25, -0.2) is 4.98 Å². The minimum absolute atomic E-state index is 0.0130. The molecule has 106 valence electrons. The fourth-order valence-corrected chi connectivity index (χ4v) is 1.75. The van der Waals surface area contributed by atoms with Crippen LogP contribution in [0.2, 0.25) is 0 Å². The van der Waals surface area contributed by atoms with Crippen molar-refractivity contribution in [3.63, 3.8) is 0 Å². The number of amides is 1. The van der Waals surface area contributed by atoms with E-state index in [9.17, 15) is 4.79 Å². The zero-order chi connectivity index (χ0) is 14.2. The number of nitrogens with two attached hydrogens (primary N) is 1. The van der Waals surface area contributed by atoms with E-state index in [1.165, 1.54) is 0 Å². The van der Waals surface area contributed by atoms with Crippen LogP contribution in [0, 0.1) is 0 Å². The summed E-state index contributed by atoms with van der Waals surface area (Å²) in [4.78, 5) is 15.6. The van der Waals surface area contributed by atoms with E-state index in [2.05, 4.69) is 10.3 Å². The second-order valence-corrected chi connectivity index (χ2v) is 4.25. The number of para-hydroxylation sites is 1. The molecule has 6 heteroatoms. The quantitative estimate of drug-likeness (QED) is 0.772. The average Bonchev–Trinajstić information content (AvgIpc) is 2.98. The number of carbonyl (C=O) groups is 1. The predicted octanol–water partition coefficient (Wildman–Crippen LogP) is 0.537. The third kappa shape index (κ3) is 4.10. The number of hydrogen-bond acceptors (Lipinski definition) is 4. The van der Waals surface area contributed by atoms with E-state index < -0.39 is 0 Å². The molecular weight excluding hydrogens is 256 g/mol. The first kappa shape index (κ1) is 14.1. The highest BCUT2D eigenvalue weighted by Gasteiger charge is 2.05. The van der Waals surface area contributed by atoms with Crippen molar-refractivity contribution < 1.29 is 9.53 Å². The second-order valence-electron chi connectivity index (χ2n) is 4.25. The minimum Gasteiger partial charge on any atom is -0.483 e. The number of benzene rings is 1. The lowest BCUT2D eigenvalue weighted by Gasteiger charge is -2.10.